The second-order valence-electron chi connectivity index (χ2n) is 26.7. The third kappa shape index (κ3) is 17.0. The molecule has 0 radical (unpaired) electrons. The number of H-pyrrole nitrogens is 2. The van der Waals surface area contributed by atoms with E-state index in [0.29, 0.717) is 96.4 Å². The molecule has 14 rings (SSSR count). The highest BCUT2D eigenvalue weighted by atomic mass is 32.2. The van der Waals surface area contributed by atoms with Crippen molar-refractivity contribution in [1.82, 2.24) is 102 Å². The number of aryl methyl sites for hydroxylation is 7. The number of nitrogens with zero attached hydrogens (tertiary/aromatic N) is 19. The van der Waals surface area contributed by atoms with Gasteiger partial charge in [0.25, 0.3) is 39.0 Å². The molecule has 3 amide bonds. The van der Waals surface area contributed by atoms with E-state index >= 15 is 0 Å². The standard InChI is InChI=1S/C28H31FN8O5S.C21H25FN8O3.C21H23FN8O2/c1-17-7-9-20(10-8-17)43(40,41)42-11-5-6-18(2)15-37-25-23(16-35(3)34-25)32-28(37)33-26(38)19-12-22(31-24(29)13-19)21-14-30-36(4)27(21)39;1-12(5-4-6-31)10-30-18-16(11-28(2)27-18)25-21(30)26-19(32)13-7-15(24-17(22)8-13)14-9-23-29(3)20(14)33;1-12-5-4-6-32-20-14(9-23-29(20)3)15-7-13(8-17(22)24-15)19(31)26-21-25-16-11-28(2)27-18(16)30(21)10-12/h7-10,12-14,16,18,30H,5-6,11,15H2,1-4H3,(H,32,33,38);7-9,11-12,23,31H,4-6,10H2,1-3H3,(H,25,26,32);7-9,11-12H,4-6,10H2,1-3H3,(H,25,26,31)/t18-;2*12-/m111/s1. The Bertz CT molecular complexity index is 5730. The average Bonchev–Trinajstić information content (AvgIpc) is 1.64. The Labute approximate surface area is 613 Å². The highest BCUT2D eigenvalue weighted by Crippen LogP contribution is 2.32. The first-order chi connectivity index (χ1) is 51.6. The number of benzene rings is 1. The monoisotopic (exact) mass is 1500 g/mol. The zero-order chi connectivity index (χ0) is 77.0. The van der Waals surface area contributed by atoms with Gasteiger partial charge in [0, 0.05) is 116 Å². The summed E-state index contributed by atoms with van der Waals surface area (Å²) in [6, 6.07) is 13.8. The second-order valence-corrected chi connectivity index (χ2v) is 28.3. The van der Waals surface area contributed by atoms with E-state index in [1.807, 2.05) is 32.4 Å². The molecule has 13 heterocycles. The lowest BCUT2D eigenvalue weighted by atomic mass is 10.1. The number of ether oxygens (including phenoxy) is 1. The number of pyridine rings is 3. The van der Waals surface area contributed by atoms with Gasteiger partial charge < -0.3 is 20.0 Å². The lowest BCUT2D eigenvalue weighted by Crippen LogP contribution is -2.19. The van der Waals surface area contributed by atoms with Crippen molar-refractivity contribution < 1.29 is 50.0 Å². The predicted molar refractivity (Wildman–Crippen MR) is 390 cm³/mol. The third-order valence-corrected chi connectivity index (χ3v) is 19.2. The first-order valence-electron chi connectivity index (χ1n) is 34.4. The molecule has 566 valence electrons. The minimum atomic E-state index is -3.85. The van der Waals surface area contributed by atoms with Crippen molar-refractivity contribution in [3.8, 4) is 39.7 Å². The Hall–Kier alpha value is -12.2. The van der Waals surface area contributed by atoms with Crippen molar-refractivity contribution in [3.63, 3.8) is 0 Å². The number of anilines is 3. The summed E-state index contributed by atoms with van der Waals surface area (Å²) in [4.78, 5) is 89.0. The minimum absolute atomic E-state index is 0.00169. The van der Waals surface area contributed by atoms with Crippen molar-refractivity contribution in [2.45, 2.75) is 90.7 Å². The molecule has 13 aromatic rings. The number of carbonyl (C=O) groups excluding carboxylic acids is 3. The fourth-order valence-corrected chi connectivity index (χ4v) is 13.3. The first-order valence-corrected chi connectivity index (χ1v) is 35.9. The Morgan fingerprint density at radius 3 is 1.69 bits per heavy atom. The van der Waals surface area contributed by atoms with E-state index in [9.17, 15) is 45.6 Å². The Kier molecular flexibility index (Phi) is 22.3. The van der Waals surface area contributed by atoms with Gasteiger partial charge in [0.1, 0.15) is 16.6 Å². The first kappa shape index (κ1) is 75.5. The van der Waals surface area contributed by atoms with Crippen LogP contribution in [0.15, 0.2) is 112 Å². The van der Waals surface area contributed by atoms with Crippen LogP contribution < -0.4 is 31.8 Å². The molecule has 3 atom stereocenters. The maximum atomic E-state index is 14.4. The molecule has 0 saturated heterocycles. The molecule has 34 nitrogen and oxygen atoms in total. The van der Waals surface area contributed by atoms with Gasteiger partial charge in [-0.1, -0.05) is 38.5 Å². The van der Waals surface area contributed by atoms with Crippen LogP contribution in [0, 0.1) is 42.5 Å². The van der Waals surface area contributed by atoms with Crippen molar-refractivity contribution in [2.24, 2.45) is 60.0 Å². The number of carbonyl (C=O) groups is 3. The molecule has 6 N–H and O–H groups in total. The van der Waals surface area contributed by atoms with Crippen LogP contribution in [-0.4, -0.2) is 153 Å². The van der Waals surface area contributed by atoms with E-state index in [4.69, 9.17) is 14.0 Å². The van der Waals surface area contributed by atoms with Crippen LogP contribution in [0.3, 0.4) is 0 Å². The lowest BCUT2D eigenvalue weighted by molar-refractivity contribution is 0.101. The zero-order valence-electron chi connectivity index (χ0n) is 60.6. The molecule has 2 bridgehead atoms. The number of rotatable bonds is 19. The van der Waals surface area contributed by atoms with E-state index < -0.39 is 51.2 Å². The van der Waals surface area contributed by atoms with E-state index in [2.05, 4.69) is 83.4 Å². The fraction of sp³-hybridized carbons (Fsp3) is 0.357. The van der Waals surface area contributed by atoms with Gasteiger partial charge in [-0.2, -0.15) is 42.0 Å². The number of amides is 3. The van der Waals surface area contributed by atoms with Crippen LogP contribution >= 0.6 is 0 Å². The summed E-state index contributed by atoms with van der Waals surface area (Å²) < 4.78 is 93.6. The Morgan fingerprint density at radius 2 is 1.17 bits per heavy atom. The van der Waals surface area contributed by atoms with Gasteiger partial charge in [0.05, 0.1) is 76.7 Å². The van der Waals surface area contributed by atoms with Crippen LogP contribution in [0.1, 0.15) is 95.9 Å². The Morgan fingerprint density at radius 1 is 0.667 bits per heavy atom. The van der Waals surface area contributed by atoms with Gasteiger partial charge in [-0.15, -0.1) is 0 Å². The molecule has 0 unspecified atom stereocenters. The van der Waals surface area contributed by atoms with E-state index in [1.165, 1.54) is 66.2 Å². The SMILES string of the molecule is C[C@@H]1CCCOc2c(cnn2C)-c2cc(cc(F)n2)C(=O)Nc2nc3cn(C)nc3n2C1.C[C@H](CCCO)Cn1c(NC(=O)c2cc(F)nc(-c3c[nH]n(C)c3=O)c2)nc2cn(C)nc21.Cc1ccc(S(=O)(=O)OCCC[C@@H](C)Cn2c(NC(=O)c3cc(F)nc(-c4c[nH]n(C)c4=O)c3)nc3cn(C)nc32)cc1. The van der Waals surface area contributed by atoms with E-state index in [0.717, 1.165) is 43.0 Å². The molecule has 0 fully saturated rings. The smallest absolute Gasteiger partial charge is 0.296 e. The molecule has 0 aliphatic carbocycles. The highest BCUT2D eigenvalue weighted by molar-refractivity contribution is 7.86. The van der Waals surface area contributed by atoms with Crippen LogP contribution in [-0.2, 0) is 76.2 Å². The summed E-state index contributed by atoms with van der Waals surface area (Å²) in [5, 5.41) is 40.4. The van der Waals surface area contributed by atoms with Crippen molar-refractivity contribution in [2.75, 3.05) is 35.8 Å². The summed E-state index contributed by atoms with van der Waals surface area (Å²) in [5.41, 5.74) is 5.07. The number of hydrogen-bond donors (Lipinski definition) is 6. The summed E-state index contributed by atoms with van der Waals surface area (Å²) >= 11 is 0. The molecule has 1 aromatic carbocycles. The van der Waals surface area contributed by atoms with E-state index in [-0.39, 0.29) is 98.2 Å². The molecular weight excluding hydrogens is 1430 g/mol. The van der Waals surface area contributed by atoms with Gasteiger partial charge in [0.2, 0.25) is 41.6 Å². The van der Waals surface area contributed by atoms with Crippen LogP contribution in [0.25, 0.3) is 67.3 Å². The van der Waals surface area contributed by atoms with Crippen molar-refractivity contribution >= 4 is 79.2 Å². The number of imidazole rings is 3. The van der Waals surface area contributed by atoms with Gasteiger partial charge in [0.15, 0.2) is 16.9 Å². The van der Waals surface area contributed by atoms with Gasteiger partial charge in [-0.3, -0.25) is 81.2 Å². The van der Waals surface area contributed by atoms with Crippen molar-refractivity contribution in [1.29, 1.82) is 0 Å². The predicted octanol–water partition coefficient (Wildman–Crippen LogP) is 7.80. The summed E-state index contributed by atoms with van der Waals surface area (Å²) in [5.74, 6) is -2.42. The number of nitrogens with one attached hydrogen (secondary N) is 5. The second kappa shape index (κ2) is 31.9. The van der Waals surface area contributed by atoms with E-state index in [1.54, 1.807) is 85.9 Å². The molecule has 1 aliphatic heterocycles. The maximum Gasteiger partial charge on any atom is 0.296 e. The average molecular weight is 1510 g/mol. The van der Waals surface area contributed by atoms with Crippen molar-refractivity contribution in [3.05, 3.63) is 159 Å². The van der Waals surface area contributed by atoms with Gasteiger partial charge in [-0.05, 0) is 93.5 Å². The van der Waals surface area contributed by atoms with Crippen LogP contribution in [0.2, 0.25) is 0 Å². The number of aromatic nitrogens is 21. The minimum Gasteiger partial charge on any atom is -0.477 e. The quantitative estimate of drug-likeness (QED) is 0.0255. The maximum absolute atomic E-state index is 14.4. The molecule has 12 aromatic heterocycles. The Balaban J connectivity index is 0.000000153. The highest BCUT2D eigenvalue weighted by Gasteiger charge is 2.27. The summed E-state index contributed by atoms with van der Waals surface area (Å²) in [6.45, 7) is 10.2. The molecule has 1 aliphatic rings. The number of hydrogen-bond acceptors (Lipinski definition) is 20. The third-order valence-electron chi connectivity index (χ3n) is 17.8. The topological polar surface area (TPSA) is 399 Å². The molecule has 108 heavy (non-hydrogen) atoms. The number of fused-ring (bicyclic) bond motifs is 9. The lowest BCUT2D eigenvalue weighted by Gasteiger charge is -2.15. The number of halogens is 3. The summed E-state index contributed by atoms with van der Waals surface area (Å²) in [7, 11) is 6.31. The molecule has 0 spiro atoms. The number of aliphatic hydroxyl groups is 1. The number of aromatic amines is 2. The van der Waals surface area contributed by atoms with Gasteiger partial charge >= 0.3 is 0 Å². The largest absolute Gasteiger partial charge is 0.477 e. The molecule has 0 saturated carbocycles. The zero-order valence-corrected chi connectivity index (χ0v) is 61.4. The van der Waals surface area contributed by atoms with Crippen LogP contribution in [0.4, 0.5) is 31.0 Å². The van der Waals surface area contributed by atoms with Crippen LogP contribution in [0.5, 0.6) is 5.88 Å². The molecule has 38 heteroatoms. The normalized spacial score (nSPS) is 13.9. The molecular formula is C70H79F3N24O10S. The van der Waals surface area contributed by atoms with Gasteiger partial charge in [-0.25, -0.2) is 34.6 Å². The fourth-order valence-electron chi connectivity index (χ4n) is 12.3. The summed E-state index contributed by atoms with van der Waals surface area (Å²) in [6.07, 6.45) is 13.9. The number of aliphatic hydroxyl groups excluding tert-OH is 1.